The molecule has 1 aliphatic rings. The number of benzene rings is 1. The van der Waals surface area contributed by atoms with Crippen molar-refractivity contribution in [2.45, 2.75) is 13.1 Å². The summed E-state index contributed by atoms with van der Waals surface area (Å²) in [4.78, 5) is 22.1. The lowest BCUT2D eigenvalue weighted by Crippen LogP contribution is -2.37. The van der Waals surface area contributed by atoms with Crippen LogP contribution < -0.4 is 15.5 Å². The number of halogens is 3. The van der Waals surface area contributed by atoms with E-state index < -0.39 is 11.7 Å². The molecule has 3 heterocycles. The van der Waals surface area contributed by atoms with E-state index in [4.69, 9.17) is 10.5 Å². The fraction of sp³-hybridized carbons (Fsp3) is 0.333. The molecular formula is C24H26F3N7O. The number of amidine groups is 1. The Morgan fingerprint density at radius 2 is 1.86 bits per heavy atom. The van der Waals surface area contributed by atoms with Crippen molar-refractivity contribution in [2.24, 2.45) is 10.7 Å². The summed E-state index contributed by atoms with van der Waals surface area (Å²) < 4.78 is 44.7. The third kappa shape index (κ3) is 5.68. The average molecular weight is 486 g/mol. The normalized spacial score (nSPS) is 14.8. The molecule has 4 rings (SSSR count). The summed E-state index contributed by atoms with van der Waals surface area (Å²) in [5.41, 5.74) is 7.95. The van der Waals surface area contributed by atoms with Gasteiger partial charge in [-0.15, -0.1) is 0 Å². The van der Waals surface area contributed by atoms with Gasteiger partial charge in [-0.2, -0.15) is 18.2 Å². The Bertz CT molecular complexity index is 1240. The predicted octanol–water partition coefficient (Wildman–Crippen LogP) is 3.81. The minimum absolute atomic E-state index is 0.0432. The minimum atomic E-state index is -4.47. The molecule has 0 aliphatic carbocycles. The molecule has 1 aromatic carbocycles. The molecule has 0 bridgehead atoms. The molecule has 1 aliphatic heterocycles. The number of aryl methyl sites for hydroxylation is 1. The van der Waals surface area contributed by atoms with E-state index >= 15 is 0 Å². The number of nitrogens with two attached hydrogens (primary N) is 1. The maximum atomic E-state index is 13.1. The Kier molecular flexibility index (Phi) is 6.88. The van der Waals surface area contributed by atoms with E-state index in [9.17, 15) is 13.2 Å². The zero-order valence-corrected chi connectivity index (χ0v) is 19.7. The zero-order chi connectivity index (χ0) is 25.2. The third-order valence-corrected chi connectivity index (χ3v) is 5.52. The van der Waals surface area contributed by atoms with Gasteiger partial charge in [0.2, 0.25) is 5.95 Å². The van der Waals surface area contributed by atoms with Crippen LogP contribution in [0.25, 0.3) is 11.3 Å². The lowest BCUT2D eigenvalue weighted by atomic mass is 10.1. The summed E-state index contributed by atoms with van der Waals surface area (Å²) in [6, 6.07) is 8.42. The van der Waals surface area contributed by atoms with Gasteiger partial charge in [-0.25, -0.2) is 9.98 Å². The summed E-state index contributed by atoms with van der Waals surface area (Å²) in [7, 11) is 3.73. The van der Waals surface area contributed by atoms with E-state index in [0.29, 0.717) is 30.5 Å². The first-order valence-corrected chi connectivity index (χ1v) is 11.0. The SMILES string of the molecule is Cc1ncc(N=C(N)c2cccc(C(F)(F)F)c2)cc1-c1cc(N2CCOCC2)nc(N(C)C)n1. The van der Waals surface area contributed by atoms with Crippen molar-refractivity contribution in [3.8, 4) is 11.3 Å². The monoisotopic (exact) mass is 485 g/mol. The van der Waals surface area contributed by atoms with Gasteiger partial charge < -0.3 is 20.3 Å². The van der Waals surface area contributed by atoms with E-state index in [2.05, 4.69) is 24.8 Å². The Morgan fingerprint density at radius 3 is 2.54 bits per heavy atom. The van der Waals surface area contributed by atoms with Crippen molar-refractivity contribution in [3.05, 3.63) is 59.4 Å². The number of ether oxygens (including phenoxy) is 1. The molecular weight excluding hydrogens is 459 g/mol. The highest BCUT2D eigenvalue weighted by molar-refractivity contribution is 5.99. The number of aromatic nitrogens is 3. The second-order valence-electron chi connectivity index (χ2n) is 8.31. The number of morpholine rings is 1. The van der Waals surface area contributed by atoms with Gasteiger partial charge in [0, 0.05) is 50.1 Å². The molecule has 0 saturated carbocycles. The van der Waals surface area contributed by atoms with E-state index in [-0.39, 0.29) is 11.4 Å². The van der Waals surface area contributed by atoms with Gasteiger partial charge in [0.25, 0.3) is 0 Å². The number of hydrogen-bond donors (Lipinski definition) is 1. The van der Waals surface area contributed by atoms with Crippen molar-refractivity contribution < 1.29 is 17.9 Å². The smallest absolute Gasteiger partial charge is 0.383 e. The first-order valence-electron chi connectivity index (χ1n) is 11.0. The van der Waals surface area contributed by atoms with Gasteiger partial charge in [0.1, 0.15) is 11.7 Å². The molecule has 1 saturated heterocycles. The summed E-state index contributed by atoms with van der Waals surface area (Å²) >= 11 is 0. The maximum Gasteiger partial charge on any atom is 0.416 e. The first-order chi connectivity index (χ1) is 16.6. The molecule has 2 N–H and O–H groups in total. The minimum Gasteiger partial charge on any atom is -0.383 e. The van der Waals surface area contributed by atoms with Crippen LogP contribution in [0.1, 0.15) is 16.8 Å². The van der Waals surface area contributed by atoms with Gasteiger partial charge in [0.05, 0.1) is 36.4 Å². The second-order valence-corrected chi connectivity index (χ2v) is 8.31. The average Bonchev–Trinajstić information content (AvgIpc) is 2.85. The van der Waals surface area contributed by atoms with Gasteiger partial charge >= 0.3 is 6.18 Å². The molecule has 0 atom stereocenters. The number of pyridine rings is 1. The highest BCUT2D eigenvalue weighted by Gasteiger charge is 2.30. The lowest BCUT2D eigenvalue weighted by molar-refractivity contribution is -0.137. The van der Waals surface area contributed by atoms with Crippen LogP contribution in [0.3, 0.4) is 0 Å². The number of nitrogens with zero attached hydrogens (tertiary/aromatic N) is 6. The van der Waals surface area contributed by atoms with Crippen LogP contribution in [0.4, 0.5) is 30.6 Å². The zero-order valence-electron chi connectivity index (χ0n) is 19.7. The number of hydrogen-bond acceptors (Lipinski definition) is 7. The fourth-order valence-corrected chi connectivity index (χ4v) is 3.62. The van der Waals surface area contributed by atoms with Crippen LogP contribution in [0.15, 0.2) is 47.6 Å². The summed E-state index contributed by atoms with van der Waals surface area (Å²) in [5.74, 6) is 1.28. The molecule has 0 spiro atoms. The van der Waals surface area contributed by atoms with Crippen LogP contribution in [0, 0.1) is 6.92 Å². The van der Waals surface area contributed by atoms with Gasteiger partial charge in [0.15, 0.2) is 0 Å². The fourth-order valence-electron chi connectivity index (χ4n) is 3.62. The predicted molar refractivity (Wildman–Crippen MR) is 129 cm³/mol. The number of anilines is 2. The molecule has 1 fully saturated rings. The quantitative estimate of drug-likeness (QED) is 0.434. The number of rotatable bonds is 5. The highest BCUT2D eigenvalue weighted by Crippen LogP contribution is 2.31. The summed E-state index contributed by atoms with van der Waals surface area (Å²) in [6.07, 6.45) is -2.94. The van der Waals surface area contributed by atoms with Crippen LogP contribution in [0.5, 0.6) is 0 Å². The van der Waals surface area contributed by atoms with Gasteiger partial charge in [-0.1, -0.05) is 12.1 Å². The number of alkyl halides is 3. The molecule has 11 heteroatoms. The number of aliphatic imine (C=N–C) groups is 1. The van der Waals surface area contributed by atoms with E-state index in [1.165, 1.54) is 18.3 Å². The van der Waals surface area contributed by atoms with E-state index in [1.807, 2.05) is 32.0 Å². The molecule has 8 nitrogen and oxygen atoms in total. The molecule has 0 radical (unpaired) electrons. The van der Waals surface area contributed by atoms with Gasteiger partial charge in [-0.3, -0.25) is 4.98 Å². The highest BCUT2D eigenvalue weighted by atomic mass is 19.4. The van der Waals surface area contributed by atoms with Crippen molar-refractivity contribution in [1.82, 2.24) is 15.0 Å². The van der Waals surface area contributed by atoms with Crippen LogP contribution >= 0.6 is 0 Å². The maximum absolute atomic E-state index is 13.1. The molecule has 3 aromatic rings. The topological polar surface area (TPSA) is 92.8 Å². The Hall–Kier alpha value is -3.73. The molecule has 0 amide bonds. The van der Waals surface area contributed by atoms with Crippen molar-refractivity contribution >= 4 is 23.3 Å². The lowest BCUT2D eigenvalue weighted by Gasteiger charge is -2.28. The molecule has 184 valence electrons. The van der Waals surface area contributed by atoms with Crippen LogP contribution in [0.2, 0.25) is 0 Å². The molecule has 2 aromatic heterocycles. The van der Waals surface area contributed by atoms with E-state index in [1.54, 1.807) is 6.07 Å². The van der Waals surface area contributed by atoms with Crippen molar-refractivity contribution in [2.75, 3.05) is 50.2 Å². The standard InChI is InChI=1S/C24H26F3N7O/c1-15-19(20-13-21(32-23(31-20)33(2)3)34-7-9-35-10-8-34)12-18(14-29-15)30-22(28)16-5-4-6-17(11-16)24(25,26)27/h4-6,11-14H,7-10H2,1-3H3,(H2,28,30). The first kappa shape index (κ1) is 24.4. The second kappa shape index (κ2) is 9.87. The van der Waals surface area contributed by atoms with Crippen molar-refractivity contribution in [3.63, 3.8) is 0 Å². The van der Waals surface area contributed by atoms with Crippen LogP contribution in [-0.2, 0) is 10.9 Å². The molecule has 35 heavy (non-hydrogen) atoms. The Labute approximate surface area is 201 Å². The summed E-state index contributed by atoms with van der Waals surface area (Å²) in [5, 5.41) is 0. The van der Waals surface area contributed by atoms with Gasteiger partial charge in [-0.05, 0) is 25.1 Å². The Morgan fingerprint density at radius 1 is 1.11 bits per heavy atom. The Balaban J connectivity index is 1.72. The van der Waals surface area contributed by atoms with E-state index in [0.717, 1.165) is 42.3 Å². The third-order valence-electron chi connectivity index (χ3n) is 5.52. The summed E-state index contributed by atoms with van der Waals surface area (Å²) in [6.45, 7) is 4.54. The largest absolute Gasteiger partial charge is 0.416 e. The van der Waals surface area contributed by atoms with Crippen LogP contribution in [-0.4, -0.2) is 61.2 Å². The van der Waals surface area contributed by atoms with Crippen molar-refractivity contribution in [1.29, 1.82) is 0 Å². The molecule has 0 unspecified atom stereocenters.